The summed E-state index contributed by atoms with van der Waals surface area (Å²) in [5, 5.41) is 7.12. The topological polar surface area (TPSA) is 46.9 Å². The zero-order valence-electron chi connectivity index (χ0n) is 15.7. The Balaban J connectivity index is 1.62. The summed E-state index contributed by atoms with van der Waals surface area (Å²) < 4.78 is 15.4. The van der Waals surface area contributed by atoms with E-state index in [0.29, 0.717) is 22.8 Å². The Kier molecular flexibility index (Phi) is 6.41. The van der Waals surface area contributed by atoms with E-state index in [4.69, 9.17) is 0 Å². The molecule has 3 rings (SSSR count). The van der Waals surface area contributed by atoms with Crippen LogP contribution in [0.25, 0.3) is 6.08 Å². The SMILES string of the molecule is CC(C)c1ccc(/C=C/C(=O)Nc2nn(Cc3ccc(F)cc3)cc2Br)cc1. The van der Waals surface area contributed by atoms with Crippen LogP contribution in [0.15, 0.2) is 65.3 Å². The maximum Gasteiger partial charge on any atom is 0.249 e. The Morgan fingerprint density at radius 2 is 1.86 bits per heavy atom. The van der Waals surface area contributed by atoms with E-state index in [1.165, 1.54) is 23.8 Å². The van der Waals surface area contributed by atoms with E-state index in [9.17, 15) is 9.18 Å². The molecule has 0 aliphatic carbocycles. The van der Waals surface area contributed by atoms with Gasteiger partial charge in [0.15, 0.2) is 5.82 Å². The van der Waals surface area contributed by atoms with E-state index in [0.717, 1.165) is 11.1 Å². The van der Waals surface area contributed by atoms with Gasteiger partial charge in [0.05, 0.1) is 11.0 Å². The molecule has 0 radical (unpaired) electrons. The lowest BCUT2D eigenvalue weighted by atomic mass is 10.0. The molecule has 4 nitrogen and oxygen atoms in total. The van der Waals surface area contributed by atoms with Gasteiger partial charge in [0.2, 0.25) is 5.91 Å². The van der Waals surface area contributed by atoms with Crippen molar-refractivity contribution in [2.45, 2.75) is 26.3 Å². The average molecular weight is 442 g/mol. The van der Waals surface area contributed by atoms with Crippen molar-refractivity contribution >= 4 is 33.7 Å². The predicted octanol–water partition coefficient (Wildman–Crippen LogP) is 5.61. The summed E-state index contributed by atoms with van der Waals surface area (Å²) in [6, 6.07) is 14.3. The van der Waals surface area contributed by atoms with Gasteiger partial charge in [-0.15, -0.1) is 0 Å². The highest BCUT2D eigenvalue weighted by atomic mass is 79.9. The molecule has 144 valence electrons. The smallest absolute Gasteiger partial charge is 0.249 e. The lowest BCUT2D eigenvalue weighted by Crippen LogP contribution is -2.09. The van der Waals surface area contributed by atoms with Gasteiger partial charge >= 0.3 is 0 Å². The highest BCUT2D eigenvalue weighted by molar-refractivity contribution is 9.10. The Bertz CT molecular complexity index is 976. The quantitative estimate of drug-likeness (QED) is 0.505. The summed E-state index contributed by atoms with van der Waals surface area (Å²) in [6.07, 6.45) is 5.02. The lowest BCUT2D eigenvalue weighted by molar-refractivity contribution is -0.111. The molecule has 3 aromatic rings. The average Bonchev–Trinajstić information content (AvgIpc) is 3.01. The van der Waals surface area contributed by atoms with Crippen molar-refractivity contribution in [2.75, 3.05) is 5.32 Å². The fourth-order valence-electron chi connectivity index (χ4n) is 2.66. The van der Waals surface area contributed by atoms with Crippen molar-refractivity contribution in [3.8, 4) is 0 Å². The van der Waals surface area contributed by atoms with Crippen LogP contribution in [0.3, 0.4) is 0 Å². The number of halogens is 2. The molecule has 0 unspecified atom stereocenters. The van der Waals surface area contributed by atoms with Crippen LogP contribution >= 0.6 is 15.9 Å². The number of rotatable bonds is 6. The van der Waals surface area contributed by atoms with Crippen LogP contribution in [0.4, 0.5) is 10.2 Å². The van der Waals surface area contributed by atoms with E-state index < -0.39 is 0 Å². The maximum absolute atomic E-state index is 13.0. The van der Waals surface area contributed by atoms with Crippen molar-refractivity contribution in [3.05, 3.63) is 87.8 Å². The van der Waals surface area contributed by atoms with Gasteiger partial charge < -0.3 is 5.32 Å². The second kappa shape index (κ2) is 8.97. The molecule has 1 heterocycles. The summed E-state index contributed by atoms with van der Waals surface area (Å²) in [7, 11) is 0. The first-order chi connectivity index (χ1) is 13.4. The Morgan fingerprint density at radius 1 is 1.18 bits per heavy atom. The molecule has 0 aliphatic heterocycles. The van der Waals surface area contributed by atoms with Crippen LogP contribution in [-0.4, -0.2) is 15.7 Å². The highest BCUT2D eigenvalue weighted by Gasteiger charge is 2.09. The zero-order valence-corrected chi connectivity index (χ0v) is 17.3. The minimum atomic E-state index is -0.274. The molecule has 1 aromatic heterocycles. The van der Waals surface area contributed by atoms with Gasteiger partial charge in [-0.25, -0.2) is 4.39 Å². The third-order valence-corrected chi connectivity index (χ3v) is 4.83. The maximum atomic E-state index is 13.0. The summed E-state index contributed by atoms with van der Waals surface area (Å²) in [5.74, 6) is 0.375. The number of aromatic nitrogens is 2. The minimum Gasteiger partial charge on any atom is -0.305 e. The number of carbonyl (C=O) groups is 1. The van der Waals surface area contributed by atoms with Gasteiger partial charge in [-0.3, -0.25) is 9.48 Å². The second-order valence-corrected chi connectivity index (χ2v) is 7.65. The van der Waals surface area contributed by atoms with E-state index in [2.05, 4.69) is 52.3 Å². The summed E-state index contributed by atoms with van der Waals surface area (Å²) in [4.78, 5) is 12.2. The van der Waals surface area contributed by atoms with Crippen LogP contribution in [0.1, 0.15) is 36.5 Å². The first-order valence-electron chi connectivity index (χ1n) is 8.97. The van der Waals surface area contributed by atoms with Gasteiger partial charge in [-0.05, 0) is 56.7 Å². The number of amides is 1. The molecular weight excluding hydrogens is 421 g/mol. The third kappa shape index (κ3) is 5.39. The number of nitrogens with zero attached hydrogens (tertiary/aromatic N) is 2. The molecule has 1 N–H and O–H groups in total. The fraction of sp³-hybridized carbons (Fsp3) is 0.182. The molecule has 0 atom stereocenters. The fourth-order valence-corrected chi connectivity index (χ4v) is 3.08. The summed E-state index contributed by atoms with van der Waals surface area (Å²) in [6.45, 7) is 4.77. The Hall–Kier alpha value is -2.73. The molecule has 0 aliphatic rings. The van der Waals surface area contributed by atoms with Crippen LogP contribution in [0, 0.1) is 5.82 Å². The van der Waals surface area contributed by atoms with Crippen molar-refractivity contribution in [1.82, 2.24) is 9.78 Å². The molecule has 0 bridgehead atoms. The Morgan fingerprint density at radius 3 is 2.50 bits per heavy atom. The minimum absolute atomic E-state index is 0.263. The van der Waals surface area contributed by atoms with Gasteiger partial charge in [-0.2, -0.15) is 5.10 Å². The summed E-state index contributed by atoms with van der Waals surface area (Å²) >= 11 is 3.41. The lowest BCUT2D eigenvalue weighted by Gasteiger charge is -2.04. The van der Waals surface area contributed by atoms with Crippen LogP contribution in [0.5, 0.6) is 0 Å². The first-order valence-corrected chi connectivity index (χ1v) is 9.76. The monoisotopic (exact) mass is 441 g/mol. The van der Waals surface area contributed by atoms with Crippen LogP contribution < -0.4 is 5.32 Å². The van der Waals surface area contributed by atoms with Gasteiger partial charge in [-0.1, -0.05) is 50.2 Å². The standard InChI is InChI=1S/C22H21BrFN3O/c1-15(2)18-8-3-16(4-9-18)7-12-21(28)25-22-20(23)14-27(26-22)13-17-5-10-19(24)11-6-17/h3-12,14-15H,13H2,1-2H3,(H,25,26,28)/b12-7+. The molecule has 0 fully saturated rings. The third-order valence-electron chi connectivity index (χ3n) is 4.25. The number of hydrogen-bond donors (Lipinski definition) is 1. The normalized spacial score (nSPS) is 11.3. The summed E-state index contributed by atoms with van der Waals surface area (Å²) in [5.41, 5.74) is 3.14. The number of carbonyl (C=O) groups excluding carboxylic acids is 1. The van der Waals surface area contributed by atoms with E-state index in [1.807, 2.05) is 12.1 Å². The van der Waals surface area contributed by atoms with Crippen molar-refractivity contribution in [2.24, 2.45) is 0 Å². The molecule has 28 heavy (non-hydrogen) atoms. The molecule has 6 heteroatoms. The number of benzene rings is 2. The molecule has 1 amide bonds. The largest absolute Gasteiger partial charge is 0.305 e. The molecule has 0 saturated heterocycles. The van der Waals surface area contributed by atoms with Crippen LogP contribution in [0.2, 0.25) is 0 Å². The Labute approximate surface area is 172 Å². The van der Waals surface area contributed by atoms with Crippen molar-refractivity contribution in [3.63, 3.8) is 0 Å². The van der Waals surface area contributed by atoms with Gasteiger partial charge in [0, 0.05) is 12.3 Å². The molecule has 2 aromatic carbocycles. The molecule has 0 saturated carbocycles. The number of hydrogen-bond acceptors (Lipinski definition) is 2. The van der Waals surface area contributed by atoms with Gasteiger partial charge in [0.1, 0.15) is 5.82 Å². The highest BCUT2D eigenvalue weighted by Crippen LogP contribution is 2.21. The predicted molar refractivity (Wildman–Crippen MR) is 114 cm³/mol. The first kappa shape index (κ1) is 20.0. The van der Waals surface area contributed by atoms with Crippen LogP contribution in [-0.2, 0) is 11.3 Å². The number of nitrogens with one attached hydrogen (secondary N) is 1. The zero-order chi connectivity index (χ0) is 20.1. The van der Waals surface area contributed by atoms with Crippen molar-refractivity contribution < 1.29 is 9.18 Å². The second-order valence-electron chi connectivity index (χ2n) is 6.79. The molecule has 0 spiro atoms. The van der Waals surface area contributed by atoms with E-state index in [1.54, 1.807) is 29.1 Å². The van der Waals surface area contributed by atoms with E-state index in [-0.39, 0.29) is 11.7 Å². The van der Waals surface area contributed by atoms with E-state index >= 15 is 0 Å². The number of anilines is 1. The van der Waals surface area contributed by atoms with Crippen molar-refractivity contribution in [1.29, 1.82) is 0 Å². The molecular formula is C22H21BrFN3O. The van der Waals surface area contributed by atoms with Gasteiger partial charge in [0.25, 0.3) is 0 Å².